The van der Waals surface area contributed by atoms with Crippen LogP contribution >= 0.6 is 0 Å². The van der Waals surface area contributed by atoms with Crippen molar-refractivity contribution in [1.29, 1.82) is 0 Å². The lowest BCUT2D eigenvalue weighted by molar-refractivity contribution is 0.0429. The minimum Gasteiger partial charge on any atom is -0.443 e. The van der Waals surface area contributed by atoms with Crippen LogP contribution in [-0.4, -0.2) is 52.9 Å². The van der Waals surface area contributed by atoms with E-state index >= 15 is 0 Å². The number of carbonyl (C=O) groups is 2. The van der Waals surface area contributed by atoms with Crippen molar-refractivity contribution in [2.24, 2.45) is 0 Å². The number of rotatable bonds is 3. The van der Waals surface area contributed by atoms with Crippen LogP contribution in [-0.2, 0) is 9.47 Å². The highest BCUT2D eigenvalue weighted by Gasteiger charge is 2.33. The molecule has 0 fully saturated rings. The normalized spacial score (nSPS) is 11.2. The molecule has 4 aromatic rings. The highest BCUT2D eigenvalue weighted by atomic mass is 16.6. The zero-order valence-electron chi connectivity index (χ0n) is 22.3. The number of anilines is 2. The van der Waals surface area contributed by atoms with Crippen LogP contribution in [0.4, 0.5) is 21.2 Å². The Morgan fingerprint density at radius 1 is 0.737 bits per heavy atom. The van der Waals surface area contributed by atoms with E-state index in [-0.39, 0.29) is 5.82 Å². The highest BCUT2D eigenvalue weighted by Crippen LogP contribution is 2.21. The molecule has 0 aliphatic rings. The van der Waals surface area contributed by atoms with Crippen molar-refractivity contribution in [3.05, 3.63) is 73.3 Å². The van der Waals surface area contributed by atoms with Crippen molar-refractivity contribution >= 4 is 23.8 Å². The number of amides is 2. The number of pyridine rings is 2. The SMILES string of the molecule is CC(C)(C)OC(=O)N(C(=O)OC(C)(C)C)c1cccc(-n2cccn2)n1.Nc1cccc(-n2cccn2)n1. The third-order valence-corrected chi connectivity index (χ3v) is 4.34. The minimum absolute atomic E-state index is 0.0847. The van der Waals surface area contributed by atoms with E-state index < -0.39 is 23.4 Å². The molecule has 0 spiro atoms. The van der Waals surface area contributed by atoms with Crippen molar-refractivity contribution in [3.63, 3.8) is 0 Å². The predicted octanol–water partition coefficient (Wildman–Crippen LogP) is 4.79. The molecule has 0 atom stereocenters. The summed E-state index contributed by atoms with van der Waals surface area (Å²) in [5, 5.41) is 8.12. The zero-order valence-corrected chi connectivity index (χ0v) is 22.3. The molecule has 4 aromatic heterocycles. The maximum atomic E-state index is 12.6. The Hall–Kier alpha value is -4.74. The summed E-state index contributed by atoms with van der Waals surface area (Å²) in [4.78, 5) is 34.5. The maximum Gasteiger partial charge on any atom is 0.425 e. The third-order valence-electron chi connectivity index (χ3n) is 4.34. The van der Waals surface area contributed by atoms with Crippen LogP contribution in [0.1, 0.15) is 41.5 Å². The zero-order chi connectivity index (χ0) is 27.9. The lowest BCUT2D eigenvalue weighted by atomic mass is 10.2. The smallest absolute Gasteiger partial charge is 0.425 e. The fraction of sp³-hybridized carbons (Fsp3) is 0.308. The van der Waals surface area contributed by atoms with Crippen LogP contribution in [0.25, 0.3) is 11.6 Å². The van der Waals surface area contributed by atoms with Gasteiger partial charge in [0, 0.05) is 24.8 Å². The maximum absolute atomic E-state index is 12.6. The number of nitrogens with two attached hydrogens (primary N) is 1. The second-order valence-corrected chi connectivity index (χ2v) is 9.97. The van der Waals surface area contributed by atoms with Crippen LogP contribution < -0.4 is 10.6 Å². The monoisotopic (exact) mass is 520 g/mol. The number of imide groups is 1. The van der Waals surface area contributed by atoms with Gasteiger partial charge in [-0.05, 0) is 77.9 Å². The molecular weight excluding hydrogens is 488 g/mol. The van der Waals surface area contributed by atoms with Crippen molar-refractivity contribution in [3.8, 4) is 11.6 Å². The average Bonchev–Trinajstić information content (AvgIpc) is 3.52. The Bertz CT molecular complexity index is 1310. The van der Waals surface area contributed by atoms with E-state index in [1.54, 1.807) is 89.1 Å². The Kier molecular flexibility index (Phi) is 8.46. The standard InChI is InChI=1S/C18H24N4O4.C8H8N4/c1-17(2,3)25-15(23)22(16(24)26-18(4,5)6)14-10-7-9-13(20-14)21-12-8-11-19-21;9-7-3-1-4-8(11-7)12-6-2-5-10-12/h7-12H,1-6H3;1-6H,(H2,9,11). The predicted molar refractivity (Wildman–Crippen MR) is 142 cm³/mol. The van der Waals surface area contributed by atoms with E-state index in [9.17, 15) is 9.59 Å². The first-order valence-corrected chi connectivity index (χ1v) is 11.8. The summed E-state index contributed by atoms with van der Waals surface area (Å²) in [6, 6.07) is 13.9. The third kappa shape index (κ3) is 8.15. The molecule has 0 bridgehead atoms. The lowest BCUT2D eigenvalue weighted by Crippen LogP contribution is -2.44. The summed E-state index contributed by atoms with van der Waals surface area (Å²) in [7, 11) is 0. The number of hydrogen-bond acceptors (Lipinski definition) is 9. The molecule has 0 saturated heterocycles. The Balaban J connectivity index is 0.000000275. The number of carbonyl (C=O) groups excluding carboxylic acids is 2. The Labute approximate surface area is 221 Å². The molecule has 0 unspecified atom stereocenters. The van der Waals surface area contributed by atoms with Gasteiger partial charge in [0.1, 0.15) is 17.0 Å². The first kappa shape index (κ1) is 27.8. The van der Waals surface area contributed by atoms with Gasteiger partial charge in [-0.25, -0.2) is 28.9 Å². The van der Waals surface area contributed by atoms with E-state index in [2.05, 4.69) is 20.2 Å². The minimum atomic E-state index is -0.864. The van der Waals surface area contributed by atoms with E-state index in [1.165, 1.54) is 10.7 Å². The summed E-state index contributed by atoms with van der Waals surface area (Å²) >= 11 is 0. The Morgan fingerprint density at radius 2 is 1.21 bits per heavy atom. The van der Waals surface area contributed by atoms with Crippen LogP contribution in [0.15, 0.2) is 73.3 Å². The molecule has 2 N–H and O–H groups in total. The van der Waals surface area contributed by atoms with Gasteiger partial charge in [0.05, 0.1) is 0 Å². The second-order valence-electron chi connectivity index (χ2n) is 9.97. The quantitative estimate of drug-likeness (QED) is 0.403. The molecule has 0 aliphatic carbocycles. The van der Waals surface area contributed by atoms with E-state index in [4.69, 9.17) is 15.2 Å². The highest BCUT2D eigenvalue weighted by molar-refractivity contribution is 6.08. The molecule has 0 aromatic carbocycles. The van der Waals surface area contributed by atoms with Gasteiger partial charge in [-0.2, -0.15) is 15.1 Å². The summed E-state index contributed by atoms with van der Waals surface area (Å²) in [5.74, 6) is 1.77. The summed E-state index contributed by atoms with van der Waals surface area (Å²) in [6.45, 7) is 10.3. The fourth-order valence-electron chi connectivity index (χ4n) is 2.92. The fourth-order valence-corrected chi connectivity index (χ4v) is 2.92. The molecule has 0 radical (unpaired) electrons. The van der Waals surface area contributed by atoms with Gasteiger partial charge in [-0.15, -0.1) is 0 Å². The number of ether oxygens (including phenoxy) is 2. The van der Waals surface area contributed by atoms with Gasteiger partial charge >= 0.3 is 12.2 Å². The lowest BCUT2D eigenvalue weighted by Gasteiger charge is -2.28. The van der Waals surface area contributed by atoms with Gasteiger partial charge in [0.25, 0.3) is 0 Å². The van der Waals surface area contributed by atoms with E-state index in [1.807, 2.05) is 24.4 Å². The number of nitrogens with zero attached hydrogens (tertiary/aromatic N) is 7. The largest absolute Gasteiger partial charge is 0.443 e. The summed E-state index contributed by atoms with van der Waals surface area (Å²) in [5.41, 5.74) is 3.95. The van der Waals surface area contributed by atoms with Crippen molar-refractivity contribution in [2.75, 3.05) is 10.6 Å². The van der Waals surface area contributed by atoms with Gasteiger partial charge in [0.15, 0.2) is 17.5 Å². The van der Waals surface area contributed by atoms with Gasteiger partial charge in [0.2, 0.25) is 0 Å². The van der Waals surface area contributed by atoms with Crippen molar-refractivity contribution in [2.45, 2.75) is 52.7 Å². The van der Waals surface area contributed by atoms with Crippen LogP contribution in [0.2, 0.25) is 0 Å². The average molecular weight is 521 g/mol. The molecule has 0 aliphatic heterocycles. The van der Waals surface area contributed by atoms with Gasteiger partial charge < -0.3 is 15.2 Å². The molecule has 2 amide bonds. The van der Waals surface area contributed by atoms with Crippen LogP contribution in [0, 0.1) is 0 Å². The molecule has 0 saturated carbocycles. The number of aromatic nitrogens is 6. The first-order chi connectivity index (χ1) is 17.8. The number of nitrogen functional groups attached to an aromatic ring is 1. The van der Waals surface area contributed by atoms with Crippen molar-refractivity contribution < 1.29 is 19.1 Å². The van der Waals surface area contributed by atoms with Gasteiger partial charge in [-0.1, -0.05) is 12.1 Å². The van der Waals surface area contributed by atoms with E-state index in [0.717, 1.165) is 10.7 Å². The molecule has 4 rings (SSSR count). The summed E-state index contributed by atoms with van der Waals surface area (Å²) in [6.07, 6.45) is 5.10. The first-order valence-electron chi connectivity index (χ1n) is 11.8. The molecule has 4 heterocycles. The molecule has 38 heavy (non-hydrogen) atoms. The van der Waals surface area contributed by atoms with Crippen molar-refractivity contribution in [1.82, 2.24) is 29.5 Å². The van der Waals surface area contributed by atoms with Crippen LogP contribution in [0.5, 0.6) is 0 Å². The second kappa shape index (κ2) is 11.5. The molecule has 12 heteroatoms. The summed E-state index contributed by atoms with van der Waals surface area (Å²) < 4.78 is 13.9. The molecular formula is C26H32N8O4. The van der Waals surface area contributed by atoms with Crippen LogP contribution in [0.3, 0.4) is 0 Å². The molecule has 12 nitrogen and oxygen atoms in total. The Morgan fingerprint density at radius 3 is 1.63 bits per heavy atom. The van der Waals surface area contributed by atoms with Gasteiger partial charge in [-0.3, -0.25) is 0 Å². The molecule has 200 valence electrons. The topological polar surface area (TPSA) is 143 Å². The number of hydrogen-bond donors (Lipinski definition) is 1. The van der Waals surface area contributed by atoms with E-state index in [0.29, 0.717) is 11.6 Å².